The van der Waals surface area contributed by atoms with Crippen LogP contribution in [0.4, 0.5) is 0 Å². The quantitative estimate of drug-likeness (QED) is 0.779. The van der Waals surface area contributed by atoms with Crippen LogP contribution < -0.4 is 0 Å². The maximum absolute atomic E-state index is 11.6. The van der Waals surface area contributed by atoms with Crippen molar-refractivity contribution in [2.45, 2.75) is 63.1 Å². The van der Waals surface area contributed by atoms with Crippen molar-refractivity contribution in [1.29, 1.82) is 5.26 Å². The summed E-state index contributed by atoms with van der Waals surface area (Å²) in [6, 6.07) is 2.28. The summed E-state index contributed by atoms with van der Waals surface area (Å²) in [6.07, 6.45) is 8.02. The molecular weight excluding hydrogens is 262 g/mol. The fourth-order valence-electron chi connectivity index (χ4n) is 4.07. The molecule has 0 amide bonds. The van der Waals surface area contributed by atoms with Crippen molar-refractivity contribution in [1.82, 2.24) is 0 Å². The summed E-state index contributed by atoms with van der Waals surface area (Å²) in [5.41, 5.74) is -0.619. The van der Waals surface area contributed by atoms with Crippen molar-refractivity contribution in [3.63, 3.8) is 0 Å². The van der Waals surface area contributed by atoms with E-state index in [-0.39, 0.29) is 23.2 Å². The van der Waals surface area contributed by atoms with Gasteiger partial charge in [-0.15, -0.1) is 0 Å². The molecule has 2 heterocycles. The van der Waals surface area contributed by atoms with E-state index < -0.39 is 15.3 Å². The molecule has 1 spiro atoms. The van der Waals surface area contributed by atoms with Crippen LogP contribution in [0.25, 0.3) is 0 Å². The molecule has 3 aliphatic rings. The maximum atomic E-state index is 11.6. The summed E-state index contributed by atoms with van der Waals surface area (Å²) in [6.45, 7) is 0. The van der Waals surface area contributed by atoms with Crippen molar-refractivity contribution in [2.75, 3.05) is 11.5 Å². The highest BCUT2D eigenvalue weighted by molar-refractivity contribution is 7.91. The van der Waals surface area contributed by atoms with Crippen LogP contribution in [-0.2, 0) is 14.6 Å². The predicted octanol–water partition coefficient (Wildman–Crippen LogP) is 2.20. The van der Waals surface area contributed by atoms with Gasteiger partial charge in [0.05, 0.1) is 34.7 Å². The van der Waals surface area contributed by atoms with Crippen molar-refractivity contribution >= 4 is 9.84 Å². The summed E-state index contributed by atoms with van der Waals surface area (Å²) in [4.78, 5) is 0. The van der Waals surface area contributed by atoms with Crippen LogP contribution in [0.3, 0.4) is 0 Å². The van der Waals surface area contributed by atoms with Gasteiger partial charge in [-0.1, -0.05) is 12.8 Å². The molecule has 2 saturated heterocycles. The minimum absolute atomic E-state index is 0.0311. The molecule has 106 valence electrons. The zero-order chi connectivity index (χ0) is 13.6. The third kappa shape index (κ3) is 2.53. The van der Waals surface area contributed by atoms with Crippen LogP contribution in [0.15, 0.2) is 0 Å². The zero-order valence-electron chi connectivity index (χ0n) is 11.2. The normalized spacial score (nSPS) is 39.6. The van der Waals surface area contributed by atoms with Crippen LogP contribution in [0, 0.1) is 16.7 Å². The first-order chi connectivity index (χ1) is 8.97. The SMILES string of the molecule is N#CC1(CC2CCC3(CCCC3)O2)CCS(=O)(=O)C1. The van der Waals surface area contributed by atoms with Crippen LogP contribution in [0.1, 0.15) is 51.4 Å². The van der Waals surface area contributed by atoms with Gasteiger partial charge in [0.1, 0.15) is 0 Å². The first-order valence-electron chi connectivity index (χ1n) is 7.26. The Hall–Kier alpha value is -0.600. The van der Waals surface area contributed by atoms with E-state index in [1.165, 1.54) is 12.8 Å². The number of hydrogen-bond donors (Lipinski definition) is 0. The highest BCUT2D eigenvalue weighted by Gasteiger charge is 2.48. The minimum atomic E-state index is -3.01. The molecule has 1 aliphatic carbocycles. The molecule has 0 radical (unpaired) electrons. The van der Waals surface area contributed by atoms with E-state index in [0.717, 1.165) is 25.7 Å². The summed E-state index contributed by atoms with van der Waals surface area (Å²) >= 11 is 0. The second kappa shape index (κ2) is 4.46. The van der Waals surface area contributed by atoms with Gasteiger partial charge in [-0.2, -0.15) is 5.26 Å². The number of nitriles is 1. The number of nitrogens with zero attached hydrogens (tertiary/aromatic N) is 1. The number of ether oxygens (including phenoxy) is 1. The second-order valence-corrected chi connectivity index (χ2v) is 8.79. The summed E-state index contributed by atoms with van der Waals surface area (Å²) in [7, 11) is -3.01. The third-order valence-corrected chi connectivity index (χ3v) is 6.92. The fraction of sp³-hybridized carbons (Fsp3) is 0.929. The Morgan fingerprint density at radius 1 is 1.21 bits per heavy atom. The molecule has 3 rings (SSSR count). The van der Waals surface area contributed by atoms with E-state index in [4.69, 9.17) is 4.74 Å². The summed E-state index contributed by atoms with van der Waals surface area (Å²) < 4.78 is 29.5. The summed E-state index contributed by atoms with van der Waals surface area (Å²) in [5.74, 6) is 0.196. The van der Waals surface area contributed by atoms with E-state index in [1.807, 2.05) is 0 Å². The Kier molecular flexibility index (Phi) is 3.14. The lowest BCUT2D eigenvalue weighted by molar-refractivity contribution is -0.0471. The van der Waals surface area contributed by atoms with E-state index in [9.17, 15) is 13.7 Å². The highest BCUT2D eigenvalue weighted by atomic mass is 32.2. The van der Waals surface area contributed by atoms with Crippen LogP contribution in [-0.4, -0.2) is 31.6 Å². The standard InChI is InChI=1S/C14H21NO3S/c15-10-13(7-8-19(16,17)11-13)9-12-3-6-14(18-12)4-1-2-5-14/h12H,1-9,11H2. The smallest absolute Gasteiger partial charge is 0.151 e. The van der Waals surface area contributed by atoms with Gasteiger partial charge in [-0.05, 0) is 38.5 Å². The lowest BCUT2D eigenvalue weighted by atomic mass is 9.83. The van der Waals surface area contributed by atoms with E-state index in [0.29, 0.717) is 12.8 Å². The minimum Gasteiger partial charge on any atom is -0.372 e. The average molecular weight is 283 g/mol. The molecule has 0 aromatic heterocycles. The van der Waals surface area contributed by atoms with Gasteiger partial charge >= 0.3 is 0 Å². The lowest BCUT2D eigenvalue weighted by Gasteiger charge is -2.27. The largest absolute Gasteiger partial charge is 0.372 e. The van der Waals surface area contributed by atoms with E-state index in [2.05, 4.69) is 6.07 Å². The molecule has 5 heteroatoms. The molecule has 0 aromatic rings. The molecule has 2 unspecified atom stereocenters. The Morgan fingerprint density at radius 2 is 1.95 bits per heavy atom. The van der Waals surface area contributed by atoms with Gasteiger partial charge < -0.3 is 4.74 Å². The van der Waals surface area contributed by atoms with E-state index in [1.54, 1.807) is 0 Å². The molecular formula is C14H21NO3S. The molecule has 0 aromatic carbocycles. The van der Waals surface area contributed by atoms with Crippen molar-refractivity contribution < 1.29 is 13.2 Å². The summed E-state index contributed by atoms with van der Waals surface area (Å²) in [5, 5.41) is 9.40. The van der Waals surface area contributed by atoms with Crippen LogP contribution in [0.5, 0.6) is 0 Å². The van der Waals surface area contributed by atoms with Crippen LogP contribution >= 0.6 is 0 Å². The van der Waals surface area contributed by atoms with Gasteiger partial charge in [-0.3, -0.25) is 0 Å². The number of hydrogen-bond acceptors (Lipinski definition) is 4. The Balaban J connectivity index is 1.67. The number of sulfone groups is 1. The van der Waals surface area contributed by atoms with E-state index >= 15 is 0 Å². The Morgan fingerprint density at radius 3 is 2.53 bits per heavy atom. The van der Waals surface area contributed by atoms with Crippen molar-refractivity contribution in [3.05, 3.63) is 0 Å². The lowest BCUT2D eigenvalue weighted by Crippen LogP contribution is -2.30. The molecule has 0 bridgehead atoms. The Labute approximate surface area is 115 Å². The molecule has 19 heavy (non-hydrogen) atoms. The molecule has 0 N–H and O–H groups in total. The first kappa shape index (κ1) is 13.4. The first-order valence-corrected chi connectivity index (χ1v) is 9.08. The molecule has 4 nitrogen and oxygen atoms in total. The monoisotopic (exact) mass is 283 g/mol. The van der Waals surface area contributed by atoms with Gasteiger partial charge in [0.2, 0.25) is 0 Å². The number of rotatable bonds is 2. The fourth-order valence-corrected chi connectivity index (χ4v) is 6.09. The average Bonchev–Trinajstić information content (AvgIpc) is 3.04. The van der Waals surface area contributed by atoms with Gasteiger partial charge in [0, 0.05) is 0 Å². The van der Waals surface area contributed by atoms with Crippen LogP contribution in [0.2, 0.25) is 0 Å². The predicted molar refractivity (Wildman–Crippen MR) is 71.2 cm³/mol. The van der Waals surface area contributed by atoms with Gasteiger partial charge in [-0.25, -0.2) is 8.42 Å². The zero-order valence-corrected chi connectivity index (χ0v) is 12.0. The maximum Gasteiger partial charge on any atom is 0.151 e. The van der Waals surface area contributed by atoms with Gasteiger partial charge in [0.25, 0.3) is 0 Å². The third-order valence-electron chi connectivity index (χ3n) is 5.10. The van der Waals surface area contributed by atoms with Gasteiger partial charge in [0.15, 0.2) is 9.84 Å². The molecule has 2 atom stereocenters. The van der Waals surface area contributed by atoms with Crippen molar-refractivity contribution in [2.24, 2.45) is 5.41 Å². The molecule has 3 fully saturated rings. The van der Waals surface area contributed by atoms with Crippen molar-refractivity contribution in [3.8, 4) is 6.07 Å². The topological polar surface area (TPSA) is 67.2 Å². The Bertz CT molecular complexity index is 501. The second-order valence-electron chi connectivity index (χ2n) is 6.61. The molecule has 1 saturated carbocycles. The molecule has 2 aliphatic heterocycles. The highest BCUT2D eigenvalue weighted by Crippen LogP contribution is 2.47.